The van der Waals surface area contributed by atoms with Crippen LogP contribution in [0.2, 0.25) is 0 Å². The molecule has 0 saturated heterocycles. The molecular formula is C35H41N3O2. The maximum Gasteiger partial charge on any atom is 0.130 e. The third-order valence-corrected chi connectivity index (χ3v) is 7.37. The van der Waals surface area contributed by atoms with E-state index >= 15 is 0 Å². The number of hydrogen-bond acceptors (Lipinski definition) is 5. The van der Waals surface area contributed by atoms with Crippen molar-refractivity contribution < 1.29 is 9.47 Å². The highest BCUT2D eigenvalue weighted by Gasteiger charge is 2.22. The number of rotatable bonds is 2. The summed E-state index contributed by atoms with van der Waals surface area (Å²) >= 11 is 0. The van der Waals surface area contributed by atoms with Crippen molar-refractivity contribution in [3.63, 3.8) is 0 Å². The van der Waals surface area contributed by atoms with E-state index in [4.69, 9.17) is 14.5 Å². The van der Waals surface area contributed by atoms with Gasteiger partial charge >= 0.3 is 0 Å². The topological polar surface area (TPSA) is 47.5 Å². The molecule has 0 unspecified atom stereocenters. The minimum atomic E-state index is 0.0257. The van der Waals surface area contributed by atoms with Crippen LogP contribution in [0, 0.1) is 0 Å². The number of pyridine rings is 2. The molecule has 208 valence electrons. The molecule has 2 aromatic heterocycles. The predicted molar refractivity (Wildman–Crippen MR) is 160 cm³/mol. The van der Waals surface area contributed by atoms with Crippen molar-refractivity contribution in [3.8, 4) is 11.5 Å². The van der Waals surface area contributed by atoms with Crippen LogP contribution in [0.4, 0.5) is 0 Å². The summed E-state index contributed by atoms with van der Waals surface area (Å²) in [5, 5.41) is 0. The van der Waals surface area contributed by atoms with Gasteiger partial charge in [-0.1, -0.05) is 77.9 Å². The van der Waals surface area contributed by atoms with Crippen LogP contribution < -0.4 is 9.47 Å². The van der Waals surface area contributed by atoms with Gasteiger partial charge in [0.15, 0.2) is 0 Å². The summed E-state index contributed by atoms with van der Waals surface area (Å²) in [6.07, 6.45) is 1.86. The molecule has 4 aromatic rings. The van der Waals surface area contributed by atoms with Gasteiger partial charge < -0.3 is 9.47 Å². The molecule has 0 amide bonds. The van der Waals surface area contributed by atoms with Crippen molar-refractivity contribution in [3.05, 3.63) is 118 Å². The van der Waals surface area contributed by atoms with Crippen molar-refractivity contribution in [2.75, 3.05) is 0 Å². The average molecular weight is 536 g/mol. The van der Waals surface area contributed by atoms with Gasteiger partial charge in [0.2, 0.25) is 0 Å². The molecule has 0 spiro atoms. The molecule has 5 rings (SSSR count). The highest BCUT2D eigenvalue weighted by atomic mass is 16.5. The van der Waals surface area contributed by atoms with Crippen molar-refractivity contribution in [1.29, 1.82) is 0 Å². The first kappa shape index (κ1) is 27.9. The third-order valence-electron chi connectivity index (χ3n) is 7.37. The van der Waals surface area contributed by atoms with Crippen molar-refractivity contribution >= 4 is 0 Å². The molecule has 5 heteroatoms. The number of aromatic nitrogens is 2. The Kier molecular flexibility index (Phi) is 7.95. The molecule has 1 aliphatic rings. The van der Waals surface area contributed by atoms with Gasteiger partial charge in [0.05, 0.1) is 17.1 Å². The van der Waals surface area contributed by atoms with E-state index in [1.807, 2.05) is 30.5 Å². The first-order chi connectivity index (χ1) is 19.0. The minimum absolute atomic E-state index is 0.0257. The molecule has 0 aliphatic carbocycles. The summed E-state index contributed by atoms with van der Waals surface area (Å²) in [6, 6.07) is 25.4. The van der Waals surface area contributed by atoms with Gasteiger partial charge in [0.1, 0.15) is 24.7 Å². The first-order valence-electron chi connectivity index (χ1n) is 14.1. The Labute approximate surface area is 239 Å². The lowest BCUT2D eigenvalue weighted by atomic mass is 9.85. The Hall–Kier alpha value is -3.70. The van der Waals surface area contributed by atoms with Crippen molar-refractivity contribution in [2.24, 2.45) is 0 Å². The Bertz CT molecular complexity index is 1370. The second-order valence-electron chi connectivity index (χ2n) is 12.8. The number of ether oxygens (including phenoxy) is 2. The van der Waals surface area contributed by atoms with E-state index in [9.17, 15) is 0 Å². The minimum Gasteiger partial charge on any atom is -0.487 e. The van der Waals surface area contributed by atoms with Gasteiger partial charge in [-0.3, -0.25) is 14.9 Å². The van der Waals surface area contributed by atoms with E-state index in [1.54, 1.807) is 0 Å². The van der Waals surface area contributed by atoms with E-state index < -0.39 is 0 Å². The molecule has 2 aromatic carbocycles. The van der Waals surface area contributed by atoms with E-state index in [0.29, 0.717) is 32.8 Å². The monoisotopic (exact) mass is 535 g/mol. The van der Waals surface area contributed by atoms with Gasteiger partial charge in [0, 0.05) is 37.0 Å². The summed E-state index contributed by atoms with van der Waals surface area (Å²) in [4.78, 5) is 11.9. The zero-order chi connectivity index (χ0) is 28.3. The molecule has 0 fully saturated rings. The summed E-state index contributed by atoms with van der Waals surface area (Å²) in [6.45, 7) is 16.4. The molecule has 0 radical (unpaired) electrons. The zero-order valence-corrected chi connectivity index (χ0v) is 24.7. The van der Waals surface area contributed by atoms with Gasteiger partial charge in [-0.15, -0.1) is 0 Å². The fourth-order valence-corrected chi connectivity index (χ4v) is 4.98. The van der Waals surface area contributed by atoms with Gasteiger partial charge in [-0.2, -0.15) is 0 Å². The molecule has 0 atom stereocenters. The van der Waals surface area contributed by atoms with Crippen LogP contribution in [-0.2, 0) is 43.7 Å². The molecule has 40 heavy (non-hydrogen) atoms. The Balaban J connectivity index is 1.62. The SMILES string of the molecule is CC(C)(C)c1ccc2c(c1)CN(Cc1ccccn1)Cc1cc(C(C)(C)C)ccc1OCc1cccc(n1)CO2. The van der Waals surface area contributed by atoms with E-state index in [-0.39, 0.29) is 10.8 Å². The number of benzene rings is 2. The van der Waals surface area contributed by atoms with Gasteiger partial charge in [-0.05, 0) is 58.4 Å². The number of hydrogen-bond donors (Lipinski definition) is 0. The zero-order valence-electron chi connectivity index (χ0n) is 24.7. The Morgan fingerprint density at radius 3 is 1.70 bits per heavy atom. The maximum absolute atomic E-state index is 6.43. The summed E-state index contributed by atoms with van der Waals surface area (Å²) in [5.74, 6) is 1.78. The molecule has 2 bridgehead atoms. The Morgan fingerprint density at radius 1 is 0.675 bits per heavy atom. The average Bonchev–Trinajstić information content (AvgIpc) is 2.91. The first-order valence-corrected chi connectivity index (χ1v) is 14.1. The van der Waals surface area contributed by atoms with E-state index in [0.717, 1.165) is 39.7 Å². The molecule has 0 saturated carbocycles. The van der Waals surface area contributed by atoms with Crippen molar-refractivity contribution in [2.45, 2.75) is 85.2 Å². The molecule has 1 aliphatic heterocycles. The van der Waals surface area contributed by atoms with Crippen LogP contribution in [-0.4, -0.2) is 14.9 Å². The van der Waals surface area contributed by atoms with E-state index in [2.05, 4.69) is 100.0 Å². The lowest BCUT2D eigenvalue weighted by molar-refractivity contribution is 0.225. The van der Waals surface area contributed by atoms with Gasteiger partial charge in [-0.25, -0.2) is 0 Å². The summed E-state index contributed by atoms with van der Waals surface area (Å²) in [5.41, 5.74) is 7.75. The highest BCUT2D eigenvalue weighted by Crippen LogP contribution is 2.33. The number of fused-ring (bicyclic) bond motifs is 4. The quantitative estimate of drug-likeness (QED) is 0.263. The normalized spacial score (nSPS) is 14.8. The van der Waals surface area contributed by atoms with Crippen LogP contribution in [0.1, 0.15) is 80.9 Å². The van der Waals surface area contributed by atoms with Crippen LogP contribution in [0.3, 0.4) is 0 Å². The second-order valence-corrected chi connectivity index (χ2v) is 12.8. The van der Waals surface area contributed by atoms with E-state index in [1.165, 1.54) is 11.1 Å². The molecular weight excluding hydrogens is 494 g/mol. The van der Waals surface area contributed by atoms with Crippen molar-refractivity contribution in [1.82, 2.24) is 14.9 Å². The maximum atomic E-state index is 6.43. The fraction of sp³-hybridized carbons (Fsp3) is 0.371. The molecule has 0 N–H and O–H groups in total. The predicted octanol–water partition coefficient (Wildman–Crippen LogP) is 7.75. The van der Waals surface area contributed by atoms with Crippen LogP contribution in [0.15, 0.2) is 79.0 Å². The highest BCUT2D eigenvalue weighted by molar-refractivity contribution is 5.42. The van der Waals surface area contributed by atoms with Crippen LogP contribution in [0.25, 0.3) is 0 Å². The van der Waals surface area contributed by atoms with Gasteiger partial charge in [0.25, 0.3) is 0 Å². The molecule has 5 nitrogen and oxygen atoms in total. The summed E-state index contributed by atoms with van der Waals surface area (Å²) in [7, 11) is 0. The lowest BCUT2D eigenvalue weighted by Crippen LogP contribution is -2.25. The van der Waals surface area contributed by atoms with Crippen LogP contribution in [0.5, 0.6) is 11.5 Å². The summed E-state index contributed by atoms with van der Waals surface area (Å²) < 4.78 is 12.9. The smallest absolute Gasteiger partial charge is 0.130 e. The fourth-order valence-electron chi connectivity index (χ4n) is 4.98. The second kappa shape index (κ2) is 11.4. The standard InChI is InChI=1S/C35H41N3O2/c1-34(2,3)27-13-15-32-25(18-27)20-38(22-29-10-7-8-17-36-29)21-26-19-28(35(4,5)6)14-16-33(26)40-24-31-12-9-11-30(37-31)23-39-32/h7-19H,20-24H2,1-6H3. The lowest BCUT2D eigenvalue weighted by Gasteiger charge is -2.28. The largest absolute Gasteiger partial charge is 0.487 e. The molecule has 3 heterocycles. The number of nitrogens with zero attached hydrogens (tertiary/aromatic N) is 3. The van der Waals surface area contributed by atoms with Crippen LogP contribution >= 0.6 is 0 Å². The Morgan fingerprint density at radius 2 is 1.23 bits per heavy atom. The third kappa shape index (κ3) is 6.89.